The van der Waals surface area contributed by atoms with Gasteiger partial charge in [0.1, 0.15) is 17.2 Å². The molecule has 0 bridgehead atoms. The van der Waals surface area contributed by atoms with Gasteiger partial charge in [-0.2, -0.15) is 30.0 Å². The van der Waals surface area contributed by atoms with Crippen molar-refractivity contribution < 1.29 is 57.2 Å². The van der Waals surface area contributed by atoms with Crippen molar-refractivity contribution in [3.63, 3.8) is 0 Å². The minimum atomic E-state index is -0.0639. The second-order valence-electron chi connectivity index (χ2n) is 22.9. The average molecular weight is 1470 g/mol. The molecule has 12 aromatic carbocycles. The second kappa shape index (κ2) is 34.9. The summed E-state index contributed by atoms with van der Waals surface area (Å²) in [4.78, 5) is 102. The van der Waals surface area contributed by atoms with Crippen molar-refractivity contribution >= 4 is 139 Å². The first kappa shape index (κ1) is 73.6. The van der Waals surface area contributed by atoms with Gasteiger partial charge in [0.25, 0.3) is 37.5 Å². The Morgan fingerprint density at radius 3 is 0.723 bits per heavy atom. The van der Waals surface area contributed by atoms with E-state index in [1.54, 1.807) is 306 Å². The van der Waals surface area contributed by atoms with E-state index in [1.165, 1.54) is 42.5 Å². The molecule has 28 nitrogen and oxygen atoms in total. The van der Waals surface area contributed by atoms with E-state index in [0.717, 1.165) is 0 Å². The zero-order valence-corrected chi connectivity index (χ0v) is 57.3. The minimum Gasteiger partial charge on any atom is -0.388 e. The zero-order chi connectivity index (χ0) is 78.3. The maximum absolute atomic E-state index is 12.6. The van der Waals surface area contributed by atoms with Crippen molar-refractivity contribution in [3.05, 3.63) is 255 Å². The molecule has 28 heteroatoms. The van der Waals surface area contributed by atoms with Crippen molar-refractivity contribution in [1.82, 2.24) is 0 Å². The molecule has 0 spiro atoms. The third kappa shape index (κ3) is 16.3. The molecule has 0 amide bonds. The Hall–Kier alpha value is -18.1. The van der Waals surface area contributed by atoms with Gasteiger partial charge in [-0.3, -0.25) is 0 Å². The molecule has 12 rings (SSSR count). The standard InChI is InChI=1S/C84H42N16O12/c85-43-107-70-26-16-61(17-27-70)98(63-2-1-3-72(36-63)109-45-87)64-20-30-73(79(37-64)94-52-104)77-34-24-68(41-83(77)111-47-89)100(60-14-8-57(9-15-60)93-51-103)69-25-35-78(84(42-69)112-48-90)75-32-22-66(39-81(75)96-54-106)99(62-18-28-71(29-19-62)108-44-86)65-21-31-74(80(38-65)95-53-105)76-33-23-67(40-82(76)110-46-88)97(58-10-4-55(5-11-58)91-49-101)59-12-6-56(7-13-59)92-50-102/h1-42H. The number of rotatable bonds is 27. The Labute approximate surface area is 634 Å². The fraction of sp³-hybridized carbons (Fsp3) is 0. The summed E-state index contributed by atoms with van der Waals surface area (Å²) in [5, 5.41) is 58.7. The third-order valence-electron chi connectivity index (χ3n) is 16.8. The minimum absolute atomic E-state index is 0.000245. The molecule has 112 heavy (non-hydrogen) atoms. The Kier molecular flexibility index (Phi) is 22.9. The molecule has 0 saturated heterocycles. The van der Waals surface area contributed by atoms with Crippen molar-refractivity contribution in [1.29, 1.82) is 31.6 Å². The lowest BCUT2D eigenvalue weighted by Gasteiger charge is -2.28. The SMILES string of the molecule is N#COc1ccc(N(c2cccc(OC#N)c2)c2ccc(-c3ccc(N(c4ccc(N=C=O)cc4)c4ccc(-c5ccc(N(c6ccc(OC#N)cc6)c6ccc(-c7ccc(N(c8ccc(N=C=O)cc8)c8ccc(N=C=O)cc8)cc7OC#N)c(N=C=O)c6)cc5N=C=O)c(OC#N)c4)cc3OC#N)c(N=C=O)c2)cc1. The number of benzene rings is 12. The number of hydrogen-bond acceptors (Lipinski definition) is 28. The molecule has 0 aliphatic rings. The Morgan fingerprint density at radius 1 is 0.214 bits per heavy atom. The topological polar surface area (TPSA) is 388 Å². The van der Waals surface area contributed by atoms with Gasteiger partial charge in [0, 0.05) is 126 Å². The second-order valence-corrected chi connectivity index (χ2v) is 22.9. The number of hydrogen-bond donors (Lipinski definition) is 0. The van der Waals surface area contributed by atoms with Gasteiger partial charge in [-0.1, -0.05) is 6.07 Å². The Morgan fingerprint density at radius 2 is 0.446 bits per heavy atom. The van der Waals surface area contributed by atoms with E-state index >= 15 is 0 Å². The number of isocyanates is 6. The van der Waals surface area contributed by atoms with Gasteiger partial charge in [0.2, 0.25) is 36.5 Å². The fourth-order valence-electron chi connectivity index (χ4n) is 12.3. The van der Waals surface area contributed by atoms with Gasteiger partial charge < -0.3 is 48.0 Å². The summed E-state index contributed by atoms with van der Waals surface area (Å²) in [7, 11) is 0. The molecule has 0 atom stereocenters. The highest BCUT2D eigenvalue weighted by atomic mass is 16.5. The predicted molar refractivity (Wildman–Crippen MR) is 406 cm³/mol. The van der Waals surface area contributed by atoms with Gasteiger partial charge in [-0.05, 0) is 224 Å². The number of nitrogens with zero attached hydrogens (tertiary/aromatic N) is 16. The third-order valence-corrected chi connectivity index (χ3v) is 16.8. The Bertz CT molecular complexity index is 6180. The molecule has 0 fully saturated rings. The number of ether oxygens (including phenoxy) is 6. The van der Waals surface area contributed by atoms with Crippen LogP contribution in [0.2, 0.25) is 0 Å². The zero-order valence-electron chi connectivity index (χ0n) is 57.3. The summed E-state index contributed by atoms with van der Waals surface area (Å²) in [5.41, 5.74) is 7.91. The predicted octanol–water partition coefficient (Wildman–Crippen LogP) is 19.5. The first-order valence-corrected chi connectivity index (χ1v) is 32.5. The number of anilines is 12. The van der Waals surface area contributed by atoms with Crippen LogP contribution in [0.5, 0.6) is 34.5 Å². The van der Waals surface area contributed by atoms with E-state index < -0.39 is 0 Å². The highest BCUT2D eigenvalue weighted by Crippen LogP contribution is 2.51. The average Bonchev–Trinajstić information content (AvgIpc) is 0.784. The van der Waals surface area contributed by atoms with E-state index in [0.29, 0.717) is 96.3 Å². The normalized spacial score (nSPS) is 9.91. The number of aliphatic imine (C=N–C) groups is 6. The largest absolute Gasteiger partial charge is 0.388 e. The van der Waals surface area contributed by atoms with Gasteiger partial charge in [-0.25, -0.2) is 28.8 Å². The van der Waals surface area contributed by atoms with Gasteiger partial charge in [0.05, 0.1) is 34.1 Å². The van der Waals surface area contributed by atoms with Crippen LogP contribution in [0.3, 0.4) is 0 Å². The highest BCUT2D eigenvalue weighted by molar-refractivity contribution is 5.94. The van der Waals surface area contributed by atoms with Crippen LogP contribution in [0.15, 0.2) is 285 Å². The molecule has 0 N–H and O–H groups in total. The highest BCUT2D eigenvalue weighted by Gasteiger charge is 2.26. The van der Waals surface area contributed by atoms with Crippen molar-refractivity contribution in [2.45, 2.75) is 0 Å². The number of nitriles is 6. The van der Waals surface area contributed by atoms with Crippen LogP contribution in [0.1, 0.15) is 0 Å². The summed E-state index contributed by atoms with van der Waals surface area (Å²) in [6.45, 7) is 0. The summed E-state index contributed by atoms with van der Waals surface area (Å²) in [6.07, 6.45) is 19.7. The van der Waals surface area contributed by atoms with Crippen molar-refractivity contribution in [2.24, 2.45) is 30.0 Å². The van der Waals surface area contributed by atoms with E-state index in [4.69, 9.17) is 28.4 Å². The molecular weight excluding hydrogens is 1430 g/mol. The summed E-state index contributed by atoms with van der Waals surface area (Å²) in [6, 6.07) is 68.1. The lowest BCUT2D eigenvalue weighted by molar-refractivity contribution is 0.506. The molecule has 0 unspecified atom stereocenters. The van der Waals surface area contributed by atoms with Crippen LogP contribution >= 0.6 is 0 Å². The van der Waals surface area contributed by atoms with E-state index in [2.05, 4.69) is 30.0 Å². The van der Waals surface area contributed by atoms with E-state index in [1.807, 2.05) is 0 Å². The summed E-state index contributed by atoms with van der Waals surface area (Å²) < 4.78 is 32.4. The molecule has 0 aliphatic carbocycles. The maximum Gasteiger partial charge on any atom is 0.292 e. The quantitative estimate of drug-likeness (QED) is 0.0262. The summed E-state index contributed by atoms with van der Waals surface area (Å²) >= 11 is 0. The Balaban J connectivity index is 0.941. The smallest absolute Gasteiger partial charge is 0.292 e. The van der Waals surface area contributed by atoms with Crippen molar-refractivity contribution in [2.75, 3.05) is 19.6 Å². The monoisotopic (exact) mass is 1470 g/mol. The molecular formula is C84H42N16O12. The van der Waals surface area contributed by atoms with Gasteiger partial charge in [0.15, 0.2) is 17.2 Å². The van der Waals surface area contributed by atoms with Gasteiger partial charge in [-0.15, -0.1) is 31.6 Å². The molecule has 12 aromatic rings. The first-order valence-electron chi connectivity index (χ1n) is 32.5. The number of carbonyl (C=O) groups excluding carboxylic acids is 6. The molecule has 0 aliphatic heterocycles. The van der Waals surface area contributed by atoms with Crippen LogP contribution < -0.4 is 48.0 Å². The molecule has 0 heterocycles. The molecule has 0 radical (unpaired) electrons. The molecule has 530 valence electrons. The van der Waals surface area contributed by atoms with Crippen molar-refractivity contribution in [3.8, 4) is 105 Å². The van der Waals surface area contributed by atoms with Crippen LogP contribution in [-0.4, -0.2) is 36.5 Å². The van der Waals surface area contributed by atoms with Crippen LogP contribution in [0.25, 0.3) is 33.4 Å². The first-order chi connectivity index (χ1) is 55.0. The summed E-state index contributed by atoms with van der Waals surface area (Å²) in [5.74, 6) is 0.590. The lowest BCUT2D eigenvalue weighted by atomic mass is 9.99. The van der Waals surface area contributed by atoms with E-state index in [-0.39, 0.29) is 73.9 Å². The van der Waals surface area contributed by atoms with Crippen LogP contribution in [0, 0.1) is 69.1 Å². The maximum atomic E-state index is 12.6. The van der Waals surface area contributed by atoms with Gasteiger partial charge >= 0.3 is 0 Å². The van der Waals surface area contributed by atoms with Crippen LogP contribution in [-0.2, 0) is 28.8 Å². The lowest BCUT2D eigenvalue weighted by Crippen LogP contribution is -2.11. The molecule has 0 saturated carbocycles. The van der Waals surface area contributed by atoms with Crippen LogP contribution in [0.4, 0.5) is 102 Å². The molecule has 0 aromatic heterocycles. The van der Waals surface area contributed by atoms with E-state index in [9.17, 15) is 60.3 Å². The fourth-order valence-corrected chi connectivity index (χ4v) is 12.3.